The quantitative estimate of drug-likeness (QED) is 0.577. The summed E-state index contributed by atoms with van der Waals surface area (Å²) >= 11 is 0. The highest BCUT2D eigenvalue weighted by molar-refractivity contribution is 5.80. The van der Waals surface area contributed by atoms with Gasteiger partial charge < -0.3 is 15.5 Å². The van der Waals surface area contributed by atoms with Gasteiger partial charge in [-0.25, -0.2) is 4.98 Å². The molecule has 2 unspecified atom stereocenters. The molecule has 1 aliphatic rings. The third kappa shape index (κ3) is 5.34. The maximum absolute atomic E-state index is 4.59. The van der Waals surface area contributed by atoms with Crippen LogP contribution in [0.25, 0.3) is 0 Å². The first-order valence-corrected chi connectivity index (χ1v) is 9.89. The number of rotatable bonds is 7. The van der Waals surface area contributed by atoms with Crippen molar-refractivity contribution in [2.45, 2.75) is 53.2 Å². The Balaban J connectivity index is 1.87. The number of pyridine rings is 1. The minimum atomic E-state index is 0.437. The van der Waals surface area contributed by atoms with E-state index in [1.165, 1.54) is 0 Å². The molecule has 0 aliphatic carbocycles. The van der Waals surface area contributed by atoms with E-state index < -0.39 is 0 Å². The van der Waals surface area contributed by atoms with Crippen molar-refractivity contribution in [3.63, 3.8) is 0 Å². The van der Waals surface area contributed by atoms with Gasteiger partial charge in [0.1, 0.15) is 5.82 Å². The predicted octanol–water partition coefficient (Wildman–Crippen LogP) is 2.32. The summed E-state index contributed by atoms with van der Waals surface area (Å²) < 4.78 is 0. The molecule has 0 radical (unpaired) electrons. The van der Waals surface area contributed by atoms with E-state index in [4.69, 9.17) is 0 Å². The Morgan fingerprint density at radius 1 is 1.31 bits per heavy atom. The molecule has 0 amide bonds. The number of guanidine groups is 1. The minimum Gasteiger partial charge on any atom is -0.357 e. The maximum Gasteiger partial charge on any atom is 0.191 e. The Morgan fingerprint density at radius 3 is 2.54 bits per heavy atom. The lowest BCUT2D eigenvalue weighted by molar-refractivity contribution is 0.265. The van der Waals surface area contributed by atoms with E-state index in [1.54, 1.807) is 0 Å². The summed E-state index contributed by atoms with van der Waals surface area (Å²) in [4.78, 5) is 13.7. The van der Waals surface area contributed by atoms with E-state index in [1.807, 2.05) is 13.2 Å². The molecule has 146 valence electrons. The normalized spacial score (nSPS) is 21.3. The second kappa shape index (κ2) is 9.76. The molecule has 0 spiro atoms. The number of anilines is 1. The molecule has 0 saturated carbocycles. The molecule has 1 aromatic heterocycles. The smallest absolute Gasteiger partial charge is 0.191 e. The zero-order valence-electron chi connectivity index (χ0n) is 17.3. The zero-order valence-corrected chi connectivity index (χ0v) is 17.3. The molecule has 1 aromatic rings. The fraction of sp³-hybridized carbons (Fsp3) is 0.700. The van der Waals surface area contributed by atoms with Crippen molar-refractivity contribution in [3.8, 4) is 0 Å². The fourth-order valence-electron chi connectivity index (χ4n) is 3.43. The standard InChI is InChI=1S/C20H36N6/c1-7-25(8-2)19-10-9-17(11-22-19)12-23-20(21-6)24-18-14-26(15(3)4)13-16(18)5/h9-11,15-16,18H,7-8,12-14H2,1-6H3,(H2,21,23,24). The van der Waals surface area contributed by atoms with Gasteiger partial charge in [-0.15, -0.1) is 0 Å². The summed E-state index contributed by atoms with van der Waals surface area (Å²) in [6.07, 6.45) is 1.95. The highest BCUT2D eigenvalue weighted by Gasteiger charge is 2.31. The molecule has 2 rings (SSSR count). The topological polar surface area (TPSA) is 55.8 Å². The predicted molar refractivity (Wildman–Crippen MR) is 111 cm³/mol. The molecular formula is C20H36N6. The molecule has 1 fully saturated rings. The Bertz CT molecular complexity index is 564. The second-order valence-electron chi connectivity index (χ2n) is 7.40. The van der Waals surface area contributed by atoms with E-state index in [2.05, 4.69) is 77.2 Å². The molecule has 1 aliphatic heterocycles. The van der Waals surface area contributed by atoms with Gasteiger partial charge in [0.2, 0.25) is 0 Å². The van der Waals surface area contributed by atoms with Crippen LogP contribution < -0.4 is 15.5 Å². The summed E-state index contributed by atoms with van der Waals surface area (Å²) in [5.74, 6) is 2.51. The van der Waals surface area contributed by atoms with E-state index in [9.17, 15) is 0 Å². The van der Waals surface area contributed by atoms with Crippen LogP contribution in [0.4, 0.5) is 5.82 Å². The molecule has 0 bridgehead atoms. The van der Waals surface area contributed by atoms with Gasteiger partial charge in [-0.2, -0.15) is 0 Å². The number of nitrogens with one attached hydrogen (secondary N) is 2. The lowest BCUT2D eigenvalue weighted by Crippen LogP contribution is -2.46. The average molecular weight is 361 g/mol. The monoisotopic (exact) mass is 360 g/mol. The Hall–Kier alpha value is -1.82. The first kappa shape index (κ1) is 20.5. The van der Waals surface area contributed by atoms with Crippen molar-refractivity contribution in [2.75, 3.05) is 38.1 Å². The first-order chi connectivity index (χ1) is 12.5. The number of aliphatic imine (C=N–C) groups is 1. The third-order valence-electron chi connectivity index (χ3n) is 5.27. The highest BCUT2D eigenvalue weighted by Crippen LogP contribution is 2.18. The Morgan fingerprint density at radius 2 is 2.04 bits per heavy atom. The molecule has 6 nitrogen and oxygen atoms in total. The van der Waals surface area contributed by atoms with Crippen LogP contribution in [0, 0.1) is 5.92 Å². The highest BCUT2D eigenvalue weighted by atomic mass is 15.3. The average Bonchev–Trinajstić information content (AvgIpc) is 3.01. The third-order valence-corrected chi connectivity index (χ3v) is 5.27. The molecule has 1 saturated heterocycles. The van der Waals surface area contributed by atoms with Gasteiger partial charge in [-0.3, -0.25) is 9.89 Å². The van der Waals surface area contributed by atoms with Crippen molar-refractivity contribution in [1.29, 1.82) is 0 Å². The van der Waals surface area contributed by atoms with Crippen LogP contribution in [-0.4, -0.2) is 61.2 Å². The Labute approximate surface area is 159 Å². The Kier molecular flexibility index (Phi) is 7.69. The molecule has 2 atom stereocenters. The summed E-state index contributed by atoms with van der Waals surface area (Å²) in [7, 11) is 1.83. The van der Waals surface area contributed by atoms with Crippen molar-refractivity contribution >= 4 is 11.8 Å². The lowest BCUT2D eigenvalue weighted by atomic mass is 10.1. The molecular weight excluding hydrogens is 324 g/mol. The summed E-state index contributed by atoms with van der Waals surface area (Å²) in [5, 5.41) is 7.01. The van der Waals surface area contributed by atoms with E-state index in [0.717, 1.165) is 50.1 Å². The van der Waals surface area contributed by atoms with Crippen molar-refractivity contribution in [2.24, 2.45) is 10.9 Å². The van der Waals surface area contributed by atoms with Crippen LogP contribution in [0.5, 0.6) is 0 Å². The second-order valence-corrected chi connectivity index (χ2v) is 7.40. The summed E-state index contributed by atoms with van der Waals surface area (Å²) in [6.45, 7) is 16.0. The van der Waals surface area contributed by atoms with Gasteiger partial charge in [0.25, 0.3) is 0 Å². The SMILES string of the molecule is CCN(CC)c1ccc(CNC(=NC)NC2CN(C(C)C)CC2C)cn1. The van der Waals surface area contributed by atoms with E-state index in [0.29, 0.717) is 18.0 Å². The van der Waals surface area contributed by atoms with Crippen molar-refractivity contribution in [3.05, 3.63) is 23.9 Å². The number of hydrogen-bond donors (Lipinski definition) is 2. The van der Waals surface area contributed by atoms with Crippen molar-refractivity contribution in [1.82, 2.24) is 20.5 Å². The van der Waals surface area contributed by atoms with Gasteiger partial charge in [0.15, 0.2) is 5.96 Å². The van der Waals surface area contributed by atoms with Crippen molar-refractivity contribution < 1.29 is 0 Å². The van der Waals surface area contributed by atoms with E-state index in [-0.39, 0.29) is 0 Å². The fourth-order valence-corrected chi connectivity index (χ4v) is 3.43. The lowest BCUT2D eigenvalue weighted by Gasteiger charge is -2.22. The maximum atomic E-state index is 4.59. The van der Waals surface area contributed by atoms with Gasteiger partial charge >= 0.3 is 0 Å². The molecule has 26 heavy (non-hydrogen) atoms. The zero-order chi connectivity index (χ0) is 19.1. The minimum absolute atomic E-state index is 0.437. The molecule has 6 heteroatoms. The number of nitrogens with zero attached hydrogens (tertiary/aromatic N) is 4. The number of aromatic nitrogens is 1. The first-order valence-electron chi connectivity index (χ1n) is 9.89. The summed E-state index contributed by atoms with van der Waals surface area (Å²) in [5.41, 5.74) is 1.16. The van der Waals surface area contributed by atoms with Gasteiger partial charge in [0, 0.05) is 58.1 Å². The largest absolute Gasteiger partial charge is 0.357 e. The molecule has 2 heterocycles. The molecule has 2 N–H and O–H groups in total. The van der Waals surface area contributed by atoms with Crippen LogP contribution in [0.1, 0.15) is 40.2 Å². The van der Waals surface area contributed by atoms with Crippen LogP contribution in [0.2, 0.25) is 0 Å². The van der Waals surface area contributed by atoms with Gasteiger partial charge in [0.05, 0.1) is 0 Å². The number of likely N-dealkylation sites (tertiary alicyclic amines) is 1. The van der Waals surface area contributed by atoms with Crippen LogP contribution in [0.15, 0.2) is 23.3 Å². The number of hydrogen-bond acceptors (Lipinski definition) is 4. The summed E-state index contributed by atoms with van der Waals surface area (Å²) in [6, 6.07) is 5.26. The van der Waals surface area contributed by atoms with Gasteiger partial charge in [-0.05, 0) is 45.2 Å². The van der Waals surface area contributed by atoms with Crippen LogP contribution in [0.3, 0.4) is 0 Å². The van der Waals surface area contributed by atoms with E-state index >= 15 is 0 Å². The van der Waals surface area contributed by atoms with Crippen LogP contribution >= 0.6 is 0 Å². The van der Waals surface area contributed by atoms with Gasteiger partial charge in [-0.1, -0.05) is 13.0 Å². The molecule has 0 aromatic carbocycles. The van der Waals surface area contributed by atoms with Crippen LogP contribution in [-0.2, 0) is 6.54 Å².